The first-order valence-corrected chi connectivity index (χ1v) is 3.38. The zero-order valence-electron chi connectivity index (χ0n) is 2.77. The fourth-order valence-corrected chi connectivity index (χ4v) is 0. The second-order valence-electron chi connectivity index (χ2n) is 0.644. The van der Waals surface area contributed by atoms with E-state index >= 15 is 0 Å². The van der Waals surface area contributed by atoms with Crippen LogP contribution in [0.4, 0.5) is 4.79 Å². The van der Waals surface area contributed by atoms with Gasteiger partial charge in [-0.15, -0.1) is 0 Å². The van der Waals surface area contributed by atoms with Gasteiger partial charge in [0, 0.05) is 0 Å². The van der Waals surface area contributed by atoms with Gasteiger partial charge < -0.3 is 0 Å². The average molecular weight is 122 g/mol. The van der Waals surface area contributed by atoms with Gasteiger partial charge in [0.2, 0.25) is 0 Å². The molecule has 0 atom stereocenters. The van der Waals surface area contributed by atoms with Crippen LogP contribution in [0.5, 0.6) is 0 Å². The molecule has 0 amide bonds. The summed E-state index contributed by atoms with van der Waals surface area (Å²) in [6.07, 6.45) is 0. The Hall–Kier alpha value is 0.158. The molecular weight excluding hydrogens is 120 g/mol. The Morgan fingerprint density at radius 2 is 2.20 bits per heavy atom. The molecule has 0 heterocycles. The van der Waals surface area contributed by atoms with E-state index in [-0.39, 0.29) is 0 Å². The summed E-state index contributed by atoms with van der Waals surface area (Å²) >= 11 is 0.856. The van der Waals surface area contributed by atoms with Crippen molar-refractivity contribution in [3.05, 3.63) is 0 Å². The molecule has 0 fully saturated rings. The van der Waals surface area contributed by atoms with E-state index < -0.39 is 5.87 Å². The number of carboxylic acid groups (broad SMARTS) is 1. The van der Waals surface area contributed by atoms with Gasteiger partial charge >= 0.3 is 39.6 Å². The third-order valence-corrected chi connectivity index (χ3v) is 1.11. The van der Waals surface area contributed by atoms with E-state index in [1.54, 1.807) is 0 Å². The standard InChI is InChI=1S/CHBO2.Zn/c2-1(3)4;/h2H;/q;-1/p+1. The van der Waals surface area contributed by atoms with Crippen LogP contribution in [0.3, 0.4) is 0 Å². The molecule has 0 bridgehead atoms. The molecule has 0 aromatic carbocycles. The molecule has 0 aliphatic heterocycles. The molecule has 2 nitrogen and oxygen atoms in total. The van der Waals surface area contributed by atoms with Crippen molar-refractivity contribution in [1.29, 1.82) is 0 Å². The van der Waals surface area contributed by atoms with Gasteiger partial charge in [0.25, 0.3) is 0 Å². The molecule has 0 saturated carbocycles. The van der Waals surface area contributed by atoms with Crippen molar-refractivity contribution in [2.45, 2.75) is 0 Å². The summed E-state index contributed by atoms with van der Waals surface area (Å²) in [5.74, 6) is -0.343. The van der Waals surface area contributed by atoms with Crippen LogP contribution in [0.15, 0.2) is 0 Å². The maximum absolute atomic E-state index is 9.40. The predicted octanol–water partition coefficient (Wildman–Crippen LogP) is -0.437. The summed E-state index contributed by atoms with van der Waals surface area (Å²) in [7, 11) is 0. The maximum atomic E-state index is 9.40. The first-order valence-electron chi connectivity index (χ1n) is 1.28. The van der Waals surface area contributed by atoms with Crippen molar-refractivity contribution in [3.8, 4) is 0 Å². The topological polar surface area (TPSA) is 37.3 Å². The van der Waals surface area contributed by atoms with Gasteiger partial charge in [0.05, 0.1) is 0 Å². The van der Waals surface area contributed by atoms with Crippen LogP contribution in [0.25, 0.3) is 0 Å². The summed E-state index contributed by atoms with van der Waals surface area (Å²) in [6.45, 7) is 0. The minimum absolute atomic E-state index is 0.347. The van der Waals surface area contributed by atoms with Crippen molar-refractivity contribution < 1.29 is 28.0 Å². The molecule has 0 saturated heterocycles. The van der Waals surface area contributed by atoms with Gasteiger partial charge in [-0.1, -0.05) is 0 Å². The molecule has 0 spiro atoms. The van der Waals surface area contributed by atoms with Crippen molar-refractivity contribution in [2.75, 3.05) is 0 Å². The Bertz CT molecular complexity index is 44.9. The van der Waals surface area contributed by atoms with Crippen molar-refractivity contribution in [2.24, 2.45) is 0 Å². The Morgan fingerprint density at radius 3 is 2.20 bits per heavy atom. The molecule has 0 unspecified atom stereocenters. The van der Waals surface area contributed by atoms with E-state index in [4.69, 9.17) is 5.11 Å². The number of carbonyl (C=O) groups is 1. The monoisotopic (exact) mass is 121 g/mol. The van der Waals surface area contributed by atoms with Crippen LogP contribution < -0.4 is 0 Å². The SMILES string of the molecule is O=C(O)[BH][Zn]. The van der Waals surface area contributed by atoms with E-state index in [0.29, 0.717) is 5.77 Å². The third-order valence-electron chi connectivity index (χ3n) is 0.214. The first kappa shape index (κ1) is 5.16. The van der Waals surface area contributed by atoms with Gasteiger partial charge in [-0.2, -0.15) is 0 Å². The summed E-state index contributed by atoms with van der Waals surface area (Å²) in [5, 5.41) is 7.75. The van der Waals surface area contributed by atoms with Crippen LogP contribution in [0, 0.1) is 0 Å². The van der Waals surface area contributed by atoms with Gasteiger partial charge in [0.1, 0.15) is 0 Å². The summed E-state index contributed by atoms with van der Waals surface area (Å²) in [4.78, 5) is 9.40. The van der Waals surface area contributed by atoms with Gasteiger partial charge in [-0.25, -0.2) is 0 Å². The van der Waals surface area contributed by atoms with Gasteiger partial charge in [0.15, 0.2) is 0 Å². The van der Waals surface area contributed by atoms with Crippen LogP contribution >= 0.6 is 0 Å². The van der Waals surface area contributed by atoms with E-state index in [2.05, 4.69) is 0 Å². The van der Waals surface area contributed by atoms with E-state index in [9.17, 15) is 4.79 Å². The summed E-state index contributed by atoms with van der Waals surface area (Å²) in [5.41, 5.74) is 0. The molecule has 0 aromatic heterocycles. The number of hydrogen-bond acceptors (Lipinski definition) is 1. The quantitative estimate of drug-likeness (QED) is 0.479. The third kappa shape index (κ3) is 4.16. The van der Waals surface area contributed by atoms with Crippen LogP contribution in [0.1, 0.15) is 0 Å². The second kappa shape index (κ2) is 2.40. The molecule has 1 N–H and O–H groups in total. The van der Waals surface area contributed by atoms with Crippen molar-refractivity contribution in [3.63, 3.8) is 0 Å². The minimum atomic E-state index is -0.690. The fourth-order valence-electron chi connectivity index (χ4n) is 0. The Kier molecular flexibility index (Phi) is 2.47. The van der Waals surface area contributed by atoms with E-state index in [1.165, 1.54) is 0 Å². The molecule has 0 aliphatic carbocycles. The molecular formula is CH2BO2Zn. The molecule has 5 heavy (non-hydrogen) atoms. The van der Waals surface area contributed by atoms with E-state index in [1.807, 2.05) is 0 Å². The molecule has 4 heteroatoms. The van der Waals surface area contributed by atoms with Crippen LogP contribution in [0.2, 0.25) is 0 Å². The van der Waals surface area contributed by atoms with Crippen molar-refractivity contribution >= 4 is 11.6 Å². The van der Waals surface area contributed by atoms with Crippen LogP contribution in [-0.2, 0) is 18.1 Å². The zero-order valence-corrected chi connectivity index (χ0v) is 5.74. The Labute approximate surface area is 40.3 Å². The molecule has 0 rings (SSSR count). The fraction of sp³-hybridized carbons (Fsp3) is 0. The zero-order chi connectivity index (χ0) is 4.28. The number of hydrogen-bond donors (Lipinski definition) is 1. The average Bonchev–Trinajstić information content (AvgIpc) is 1.38. The molecule has 0 aromatic rings. The normalized spacial score (nSPS) is 6.80. The van der Waals surface area contributed by atoms with Crippen molar-refractivity contribution in [1.82, 2.24) is 0 Å². The first-order chi connectivity index (χ1) is 2.27. The number of rotatable bonds is 1. The summed E-state index contributed by atoms with van der Waals surface area (Å²) < 4.78 is 0. The summed E-state index contributed by atoms with van der Waals surface area (Å²) in [6, 6.07) is 0. The van der Waals surface area contributed by atoms with Gasteiger partial charge in [-0.05, 0) is 0 Å². The Balaban J connectivity index is 2.85. The van der Waals surface area contributed by atoms with E-state index in [0.717, 1.165) is 18.1 Å². The Morgan fingerprint density at radius 1 is 2.00 bits per heavy atom. The molecule has 0 radical (unpaired) electrons. The molecule has 0 aliphatic rings. The van der Waals surface area contributed by atoms with Crippen LogP contribution in [-0.4, -0.2) is 16.7 Å². The second-order valence-corrected chi connectivity index (χ2v) is 1.69. The molecule has 23 valence electrons. The predicted molar refractivity (Wildman–Crippen MR) is 15.2 cm³/mol. The van der Waals surface area contributed by atoms with Gasteiger partial charge in [-0.3, -0.25) is 0 Å².